The molecular formula is C22H26N2O6. The van der Waals surface area contributed by atoms with Crippen LogP contribution < -0.4 is 20.1 Å². The van der Waals surface area contributed by atoms with Gasteiger partial charge in [-0.2, -0.15) is 0 Å². The Kier molecular flexibility index (Phi) is 8.68. The molecule has 0 aromatic heterocycles. The predicted octanol–water partition coefficient (Wildman–Crippen LogP) is 2.07. The van der Waals surface area contributed by atoms with Gasteiger partial charge in [-0.1, -0.05) is 12.1 Å². The average Bonchev–Trinajstić information content (AvgIpc) is 2.76. The number of ether oxygens (including phenoxy) is 3. The summed E-state index contributed by atoms with van der Waals surface area (Å²) in [5, 5.41) is 5.16. The lowest BCUT2D eigenvalue weighted by Crippen LogP contribution is -2.38. The van der Waals surface area contributed by atoms with E-state index in [1.807, 2.05) is 19.1 Å². The molecule has 0 aliphatic heterocycles. The van der Waals surface area contributed by atoms with E-state index in [-0.39, 0.29) is 6.54 Å². The fraction of sp³-hybridized carbons (Fsp3) is 0.318. The molecule has 0 unspecified atom stereocenters. The Bertz CT molecular complexity index is 849. The summed E-state index contributed by atoms with van der Waals surface area (Å²) < 4.78 is 15.5. The third-order valence-corrected chi connectivity index (χ3v) is 4.12. The lowest BCUT2D eigenvalue weighted by Gasteiger charge is -2.14. The molecule has 160 valence electrons. The number of benzene rings is 2. The summed E-state index contributed by atoms with van der Waals surface area (Å²) in [5.74, 6) is -0.187. The first-order valence-corrected chi connectivity index (χ1v) is 9.54. The summed E-state index contributed by atoms with van der Waals surface area (Å²) in [4.78, 5) is 36.1. The fourth-order valence-electron chi connectivity index (χ4n) is 2.49. The van der Waals surface area contributed by atoms with Crippen LogP contribution in [0, 0.1) is 0 Å². The first-order valence-electron chi connectivity index (χ1n) is 9.54. The number of esters is 1. The summed E-state index contributed by atoms with van der Waals surface area (Å²) in [7, 11) is 1.58. The molecule has 0 spiro atoms. The molecule has 0 aliphatic rings. The molecule has 1 atom stereocenters. The van der Waals surface area contributed by atoms with Crippen LogP contribution in [-0.2, 0) is 20.9 Å². The van der Waals surface area contributed by atoms with Crippen LogP contribution in [-0.4, -0.2) is 44.1 Å². The van der Waals surface area contributed by atoms with Crippen molar-refractivity contribution in [1.82, 2.24) is 10.6 Å². The highest BCUT2D eigenvalue weighted by Crippen LogP contribution is 2.12. The Morgan fingerprint density at radius 1 is 0.933 bits per heavy atom. The molecule has 2 aromatic carbocycles. The predicted molar refractivity (Wildman–Crippen MR) is 110 cm³/mol. The van der Waals surface area contributed by atoms with Gasteiger partial charge in [0.25, 0.3) is 11.8 Å². The minimum absolute atomic E-state index is 0.291. The number of hydrogen-bond donors (Lipinski definition) is 2. The van der Waals surface area contributed by atoms with E-state index in [2.05, 4.69) is 10.6 Å². The molecular weight excluding hydrogens is 388 g/mol. The molecule has 2 rings (SSSR count). The largest absolute Gasteiger partial charge is 0.497 e. The van der Waals surface area contributed by atoms with E-state index in [9.17, 15) is 14.4 Å². The standard InChI is InChI=1S/C22H26N2O6/c1-4-29-19-11-7-17(8-12-19)22(27)24-14-20(25)30-15(2)21(26)23-13-16-5-9-18(28-3)10-6-16/h5-12,15H,4,13-14H2,1-3H3,(H,23,26)(H,24,27)/t15-/m1/s1. The number of hydrogen-bond acceptors (Lipinski definition) is 6. The molecule has 0 aliphatic carbocycles. The lowest BCUT2D eigenvalue weighted by molar-refractivity contribution is -0.153. The first-order chi connectivity index (χ1) is 14.4. The van der Waals surface area contributed by atoms with Crippen molar-refractivity contribution in [1.29, 1.82) is 0 Å². The van der Waals surface area contributed by atoms with Crippen LogP contribution in [0.4, 0.5) is 0 Å². The number of carbonyl (C=O) groups excluding carboxylic acids is 3. The molecule has 0 fully saturated rings. The third-order valence-electron chi connectivity index (χ3n) is 4.12. The summed E-state index contributed by atoms with van der Waals surface area (Å²) in [6.45, 7) is 3.81. The van der Waals surface area contributed by atoms with E-state index in [4.69, 9.17) is 14.2 Å². The van der Waals surface area contributed by atoms with Gasteiger partial charge in [0.2, 0.25) is 0 Å². The maximum atomic E-state index is 12.1. The van der Waals surface area contributed by atoms with Crippen LogP contribution in [0.3, 0.4) is 0 Å². The molecule has 8 heteroatoms. The summed E-state index contributed by atoms with van der Waals surface area (Å²) in [6.07, 6.45) is -0.988. The van der Waals surface area contributed by atoms with Crippen LogP contribution >= 0.6 is 0 Å². The van der Waals surface area contributed by atoms with Crippen molar-refractivity contribution in [3.63, 3.8) is 0 Å². The van der Waals surface area contributed by atoms with Crippen molar-refractivity contribution in [2.45, 2.75) is 26.5 Å². The van der Waals surface area contributed by atoms with Gasteiger partial charge >= 0.3 is 5.97 Å². The second-order valence-electron chi connectivity index (χ2n) is 6.34. The normalized spacial score (nSPS) is 11.2. The van der Waals surface area contributed by atoms with E-state index in [0.717, 1.165) is 11.3 Å². The van der Waals surface area contributed by atoms with Crippen molar-refractivity contribution in [2.24, 2.45) is 0 Å². The smallest absolute Gasteiger partial charge is 0.326 e. The highest BCUT2D eigenvalue weighted by molar-refractivity contribution is 5.96. The van der Waals surface area contributed by atoms with Crippen LogP contribution in [0.5, 0.6) is 11.5 Å². The van der Waals surface area contributed by atoms with E-state index < -0.39 is 23.9 Å². The van der Waals surface area contributed by atoms with Crippen molar-refractivity contribution in [3.8, 4) is 11.5 Å². The highest BCUT2D eigenvalue weighted by Gasteiger charge is 2.18. The number of methoxy groups -OCH3 is 1. The zero-order chi connectivity index (χ0) is 21.9. The van der Waals surface area contributed by atoms with Crippen molar-refractivity contribution in [2.75, 3.05) is 20.3 Å². The van der Waals surface area contributed by atoms with Gasteiger partial charge in [-0.15, -0.1) is 0 Å². The third kappa shape index (κ3) is 7.12. The Balaban J connectivity index is 1.73. The Morgan fingerprint density at radius 2 is 1.57 bits per heavy atom. The first kappa shape index (κ1) is 22.7. The fourth-order valence-corrected chi connectivity index (χ4v) is 2.49. The minimum Gasteiger partial charge on any atom is -0.497 e. The molecule has 0 heterocycles. The molecule has 2 amide bonds. The maximum Gasteiger partial charge on any atom is 0.326 e. The summed E-state index contributed by atoms with van der Waals surface area (Å²) >= 11 is 0. The average molecular weight is 414 g/mol. The number of rotatable bonds is 10. The maximum absolute atomic E-state index is 12.1. The molecule has 0 saturated carbocycles. The van der Waals surface area contributed by atoms with Gasteiger partial charge in [0.05, 0.1) is 13.7 Å². The Labute approximate surface area is 175 Å². The van der Waals surface area contributed by atoms with Gasteiger partial charge in [-0.05, 0) is 55.8 Å². The van der Waals surface area contributed by atoms with Gasteiger partial charge in [0.1, 0.15) is 18.0 Å². The molecule has 0 saturated heterocycles. The monoisotopic (exact) mass is 414 g/mol. The second-order valence-corrected chi connectivity index (χ2v) is 6.34. The molecule has 8 nitrogen and oxygen atoms in total. The van der Waals surface area contributed by atoms with Gasteiger partial charge in [0, 0.05) is 12.1 Å². The molecule has 0 radical (unpaired) electrons. The van der Waals surface area contributed by atoms with Crippen LogP contribution in [0.15, 0.2) is 48.5 Å². The topological polar surface area (TPSA) is 103 Å². The minimum atomic E-state index is -0.988. The van der Waals surface area contributed by atoms with E-state index in [0.29, 0.717) is 24.5 Å². The summed E-state index contributed by atoms with van der Waals surface area (Å²) in [6, 6.07) is 13.8. The number of carbonyl (C=O) groups is 3. The summed E-state index contributed by atoms with van der Waals surface area (Å²) in [5.41, 5.74) is 1.27. The molecule has 2 N–H and O–H groups in total. The Hall–Kier alpha value is -3.55. The van der Waals surface area contributed by atoms with Crippen molar-refractivity contribution in [3.05, 3.63) is 59.7 Å². The van der Waals surface area contributed by atoms with E-state index in [1.165, 1.54) is 6.92 Å². The lowest BCUT2D eigenvalue weighted by atomic mass is 10.2. The van der Waals surface area contributed by atoms with Crippen molar-refractivity contribution < 1.29 is 28.6 Å². The second kappa shape index (κ2) is 11.5. The molecule has 2 aromatic rings. The van der Waals surface area contributed by atoms with Crippen LogP contribution in [0.25, 0.3) is 0 Å². The number of nitrogens with one attached hydrogen (secondary N) is 2. The van der Waals surface area contributed by atoms with Crippen LogP contribution in [0.1, 0.15) is 29.8 Å². The van der Waals surface area contributed by atoms with Gasteiger partial charge in [-0.3, -0.25) is 14.4 Å². The SMILES string of the molecule is CCOc1ccc(C(=O)NCC(=O)O[C@H](C)C(=O)NCc2ccc(OC)cc2)cc1. The molecule has 0 bridgehead atoms. The van der Waals surface area contributed by atoms with E-state index in [1.54, 1.807) is 43.5 Å². The molecule has 30 heavy (non-hydrogen) atoms. The van der Waals surface area contributed by atoms with Crippen LogP contribution in [0.2, 0.25) is 0 Å². The quantitative estimate of drug-likeness (QED) is 0.577. The zero-order valence-corrected chi connectivity index (χ0v) is 17.3. The number of amides is 2. The van der Waals surface area contributed by atoms with E-state index >= 15 is 0 Å². The van der Waals surface area contributed by atoms with Gasteiger partial charge in [-0.25, -0.2) is 0 Å². The Morgan fingerprint density at radius 3 is 2.17 bits per heavy atom. The zero-order valence-electron chi connectivity index (χ0n) is 17.3. The van der Waals surface area contributed by atoms with Gasteiger partial charge < -0.3 is 24.8 Å². The highest BCUT2D eigenvalue weighted by atomic mass is 16.5. The van der Waals surface area contributed by atoms with Gasteiger partial charge in [0.15, 0.2) is 6.10 Å². The van der Waals surface area contributed by atoms with Crippen molar-refractivity contribution >= 4 is 17.8 Å².